The summed E-state index contributed by atoms with van der Waals surface area (Å²) in [5, 5.41) is 4.14. The summed E-state index contributed by atoms with van der Waals surface area (Å²) >= 11 is 3.54. The van der Waals surface area contributed by atoms with Gasteiger partial charge in [0, 0.05) is 39.6 Å². The molecule has 2 N–H and O–H groups in total. The fourth-order valence-electron chi connectivity index (χ4n) is 4.73. The van der Waals surface area contributed by atoms with Crippen LogP contribution in [0.4, 0.5) is 5.69 Å². The second kappa shape index (κ2) is 6.21. The molecule has 1 aromatic heterocycles. The molecule has 28 heavy (non-hydrogen) atoms. The molecule has 2 aliphatic heterocycles. The van der Waals surface area contributed by atoms with Crippen LogP contribution in [0.15, 0.2) is 46.9 Å². The molecule has 0 fully saturated rings. The van der Waals surface area contributed by atoms with Crippen molar-refractivity contribution in [3.63, 3.8) is 0 Å². The Balaban J connectivity index is 1.85. The van der Waals surface area contributed by atoms with Crippen LogP contribution in [0.1, 0.15) is 36.6 Å². The summed E-state index contributed by atoms with van der Waals surface area (Å²) in [5.41, 5.74) is 3.36. The zero-order chi connectivity index (χ0) is 19.5. The van der Waals surface area contributed by atoms with Gasteiger partial charge in [-0.05, 0) is 42.7 Å². The number of hydrogen-bond acceptors (Lipinski definition) is 2. The molecule has 2 amide bonds. The molecule has 0 aliphatic carbocycles. The maximum atomic E-state index is 13.5. The molecule has 6 heteroatoms. The van der Waals surface area contributed by atoms with Crippen LogP contribution in [0.5, 0.6) is 0 Å². The van der Waals surface area contributed by atoms with Crippen molar-refractivity contribution >= 4 is 44.3 Å². The zero-order valence-electron chi connectivity index (χ0n) is 15.5. The highest BCUT2D eigenvalue weighted by Gasteiger charge is 2.58. The molecule has 2 aromatic carbocycles. The van der Waals surface area contributed by atoms with Crippen molar-refractivity contribution in [3.05, 3.63) is 63.8 Å². The average molecular weight is 438 g/mol. The van der Waals surface area contributed by atoms with E-state index < -0.39 is 5.54 Å². The Labute approximate surface area is 171 Å². The molecule has 3 aromatic rings. The highest BCUT2D eigenvalue weighted by atomic mass is 79.9. The minimum absolute atomic E-state index is 0.00906. The van der Waals surface area contributed by atoms with E-state index in [1.165, 1.54) is 0 Å². The number of aromatic nitrogens is 1. The van der Waals surface area contributed by atoms with E-state index in [1.54, 1.807) is 4.90 Å². The first-order valence-electron chi connectivity index (χ1n) is 9.59. The molecule has 0 radical (unpaired) electrons. The number of aromatic amines is 1. The van der Waals surface area contributed by atoms with Crippen molar-refractivity contribution in [3.8, 4) is 0 Å². The van der Waals surface area contributed by atoms with Gasteiger partial charge in [0.15, 0.2) is 5.54 Å². The molecule has 1 spiro atoms. The van der Waals surface area contributed by atoms with Gasteiger partial charge in [-0.25, -0.2) is 0 Å². The van der Waals surface area contributed by atoms with Crippen LogP contribution in [-0.2, 0) is 21.5 Å². The molecule has 0 saturated carbocycles. The number of carbonyl (C=O) groups excluding carboxylic acids is 2. The van der Waals surface area contributed by atoms with Crippen LogP contribution in [0.25, 0.3) is 10.9 Å². The summed E-state index contributed by atoms with van der Waals surface area (Å²) in [5.74, 6) is -0.160. The summed E-state index contributed by atoms with van der Waals surface area (Å²) in [4.78, 5) is 32.0. The second-order valence-electron chi connectivity index (χ2n) is 7.42. The Morgan fingerprint density at radius 3 is 2.89 bits per heavy atom. The number of carbonyl (C=O) groups is 2. The second-order valence-corrected chi connectivity index (χ2v) is 8.34. The van der Waals surface area contributed by atoms with Gasteiger partial charge in [-0.3, -0.25) is 9.59 Å². The van der Waals surface area contributed by atoms with Gasteiger partial charge in [-0.2, -0.15) is 0 Å². The van der Waals surface area contributed by atoms with Crippen LogP contribution in [-0.4, -0.2) is 28.2 Å². The molecule has 2 aliphatic rings. The highest BCUT2D eigenvalue weighted by Crippen LogP contribution is 2.50. The SMILES string of the molecule is CCCC(=O)N1CCc2c([nH]c3ccccc23)[C@@]12C(=O)Nc1ccc(Br)cc12. The number of benzene rings is 2. The lowest BCUT2D eigenvalue weighted by molar-refractivity contribution is -0.144. The van der Waals surface area contributed by atoms with Crippen molar-refractivity contribution in [2.24, 2.45) is 0 Å². The summed E-state index contributed by atoms with van der Waals surface area (Å²) in [7, 11) is 0. The third-order valence-corrected chi connectivity index (χ3v) is 6.37. The van der Waals surface area contributed by atoms with Gasteiger partial charge in [0.25, 0.3) is 5.91 Å². The first-order chi connectivity index (χ1) is 13.6. The number of hydrogen-bond donors (Lipinski definition) is 2. The maximum absolute atomic E-state index is 13.5. The summed E-state index contributed by atoms with van der Waals surface area (Å²) in [6.07, 6.45) is 1.90. The molecule has 3 heterocycles. The number of nitrogens with zero attached hydrogens (tertiary/aromatic N) is 1. The Bertz CT molecular complexity index is 1140. The van der Waals surface area contributed by atoms with E-state index in [2.05, 4.69) is 32.3 Å². The fourth-order valence-corrected chi connectivity index (χ4v) is 5.09. The lowest BCUT2D eigenvalue weighted by Gasteiger charge is -2.43. The van der Waals surface area contributed by atoms with E-state index in [9.17, 15) is 9.59 Å². The van der Waals surface area contributed by atoms with Crippen molar-refractivity contribution in [2.45, 2.75) is 31.7 Å². The van der Waals surface area contributed by atoms with Gasteiger partial charge < -0.3 is 15.2 Å². The number of H-pyrrole nitrogens is 1. The summed E-state index contributed by atoms with van der Waals surface area (Å²) in [6.45, 7) is 2.51. The van der Waals surface area contributed by atoms with Gasteiger partial charge in [-0.15, -0.1) is 0 Å². The topological polar surface area (TPSA) is 65.2 Å². The quantitative estimate of drug-likeness (QED) is 0.626. The maximum Gasteiger partial charge on any atom is 0.261 e. The smallest absolute Gasteiger partial charge is 0.261 e. The van der Waals surface area contributed by atoms with E-state index in [0.717, 1.165) is 50.7 Å². The molecule has 5 rings (SSSR count). The summed E-state index contributed by atoms with van der Waals surface area (Å²) < 4.78 is 0.883. The van der Waals surface area contributed by atoms with Gasteiger partial charge in [0.2, 0.25) is 5.91 Å². The summed E-state index contributed by atoms with van der Waals surface area (Å²) in [6, 6.07) is 13.9. The van der Waals surface area contributed by atoms with Crippen molar-refractivity contribution < 1.29 is 9.59 Å². The van der Waals surface area contributed by atoms with E-state index in [1.807, 2.05) is 43.3 Å². The molecular formula is C22H20BrN3O2. The number of amides is 2. The largest absolute Gasteiger partial charge is 0.355 e. The minimum Gasteiger partial charge on any atom is -0.355 e. The Kier molecular flexibility index (Phi) is 3.88. The Morgan fingerprint density at radius 1 is 1.25 bits per heavy atom. The number of anilines is 1. The van der Waals surface area contributed by atoms with Crippen LogP contribution >= 0.6 is 15.9 Å². The Morgan fingerprint density at radius 2 is 2.07 bits per heavy atom. The monoisotopic (exact) mass is 437 g/mol. The van der Waals surface area contributed by atoms with Gasteiger partial charge in [0.05, 0.1) is 5.69 Å². The van der Waals surface area contributed by atoms with Crippen LogP contribution in [0.3, 0.4) is 0 Å². The zero-order valence-corrected chi connectivity index (χ0v) is 17.1. The van der Waals surface area contributed by atoms with E-state index in [4.69, 9.17) is 0 Å². The third kappa shape index (κ3) is 2.18. The van der Waals surface area contributed by atoms with Crippen LogP contribution in [0.2, 0.25) is 0 Å². The average Bonchev–Trinajstić information content (AvgIpc) is 3.19. The first-order valence-corrected chi connectivity index (χ1v) is 10.4. The van der Waals surface area contributed by atoms with Crippen molar-refractivity contribution in [1.29, 1.82) is 0 Å². The van der Waals surface area contributed by atoms with Crippen LogP contribution in [0, 0.1) is 0 Å². The van der Waals surface area contributed by atoms with E-state index >= 15 is 0 Å². The lowest BCUT2D eigenvalue weighted by Crippen LogP contribution is -2.57. The predicted octanol–water partition coefficient (Wildman–Crippen LogP) is 4.31. The molecule has 0 unspecified atom stereocenters. The number of para-hydroxylation sites is 1. The normalized spacial score (nSPS) is 20.4. The number of nitrogens with one attached hydrogen (secondary N) is 2. The predicted molar refractivity (Wildman–Crippen MR) is 112 cm³/mol. The van der Waals surface area contributed by atoms with Gasteiger partial charge in [-0.1, -0.05) is 41.1 Å². The minimum atomic E-state index is -1.15. The molecular weight excluding hydrogens is 418 g/mol. The van der Waals surface area contributed by atoms with E-state index in [0.29, 0.717) is 13.0 Å². The fraction of sp³-hybridized carbons (Fsp3) is 0.273. The van der Waals surface area contributed by atoms with Gasteiger partial charge >= 0.3 is 0 Å². The highest BCUT2D eigenvalue weighted by molar-refractivity contribution is 9.10. The van der Waals surface area contributed by atoms with Crippen LogP contribution < -0.4 is 5.32 Å². The molecule has 0 saturated heterocycles. The number of halogens is 1. The van der Waals surface area contributed by atoms with Gasteiger partial charge in [0.1, 0.15) is 0 Å². The molecule has 5 nitrogen and oxygen atoms in total. The lowest BCUT2D eigenvalue weighted by atomic mass is 9.79. The third-order valence-electron chi connectivity index (χ3n) is 5.88. The standard InChI is InChI=1S/C22H20BrN3O2/c1-2-5-19(27)26-11-10-15-14-6-3-4-7-17(14)24-20(15)22(26)16-12-13(23)8-9-18(16)25-21(22)28/h3-4,6-9,12,24H,2,5,10-11H2,1H3,(H,25,28)/t22-/m0/s1. The number of rotatable bonds is 2. The molecule has 0 bridgehead atoms. The molecule has 1 atom stereocenters. The Hall–Kier alpha value is -2.60. The molecule has 142 valence electrons. The van der Waals surface area contributed by atoms with Crippen molar-refractivity contribution in [1.82, 2.24) is 9.88 Å². The first kappa shape index (κ1) is 17.5. The van der Waals surface area contributed by atoms with E-state index in [-0.39, 0.29) is 11.8 Å². The number of fused-ring (bicyclic) bond motifs is 6. The van der Waals surface area contributed by atoms with Crippen molar-refractivity contribution in [2.75, 3.05) is 11.9 Å².